The number of benzene rings is 2. The molecule has 4 nitrogen and oxygen atoms in total. The Morgan fingerprint density at radius 2 is 1.68 bits per heavy atom. The Balaban J connectivity index is 1.85. The van der Waals surface area contributed by atoms with E-state index in [4.69, 9.17) is 0 Å². The summed E-state index contributed by atoms with van der Waals surface area (Å²) in [4.78, 5) is 17.7. The molecule has 1 saturated carbocycles. The van der Waals surface area contributed by atoms with Crippen LogP contribution in [0.4, 0.5) is 18.0 Å². The molecule has 1 unspecified atom stereocenters. The van der Waals surface area contributed by atoms with Crippen LogP contribution in [0.25, 0.3) is 0 Å². The first kappa shape index (κ1) is 24.3. The van der Waals surface area contributed by atoms with Crippen LogP contribution in [-0.4, -0.2) is 17.1 Å². The minimum atomic E-state index is -4.52. The van der Waals surface area contributed by atoms with Gasteiger partial charge < -0.3 is 10.6 Å². The number of hydrogen-bond acceptors (Lipinski definition) is 2. The number of carbonyl (C=O) groups excluding carboxylic acids is 1. The molecule has 178 valence electrons. The molecule has 2 aromatic carbocycles. The summed E-state index contributed by atoms with van der Waals surface area (Å²) >= 11 is 3.37. The number of halogens is 4. The predicted octanol–water partition coefficient (Wildman–Crippen LogP) is 6.59. The molecule has 1 atom stereocenters. The average molecular weight is 532 g/mol. The van der Waals surface area contributed by atoms with Gasteiger partial charge in [-0.05, 0) is 64.2 Å². The molecule has 34 heavy (non-hydrogen) atoms. The zero-order valence-corrected chi connectivity index (χ0v) is 20.0. The van der Waals surface area contributed by atoms with Gasteiger partial charge in [0.15, 0.2) is 0 Å². The highest BCUT2D eigenvalue weighted by Gasteiger charge is 2.40. The first-order valence-corrected chi connectivity index (χ1v) is 12.0. The number of pyridine rings is 1. The van der Waals surface area contributed by atoms with Gasteiger partial charge in [-0.2, -0.15) is 13.2 Å². The largest absolute Gasteiger partial charge is 0.416 e. The maximum atomic E-state index is 13.6. The first-order chi connectivity index (χ1) is 16.3. The fraction of sp³-hybridized carbons (Fsp3) is 0.308. The number of alkyl halides is 3. The normalized spacial score (nSPS) is 16.1. The highest BCUT2D eigenvalue weighted by molar-refractivity contribution is 9.10. The lowest BCUT2D eigenvalue weighted by Gasteiger charge is -2.36. The number of amides is 2. The van der Waals surface area contributed by atoms with E-state index in [1.165, 1.54) is 6.07 Å². The fourth-order valence-corrected chi connectivity index (χ4v) is 4.73. The van der Waals surface area contributed by atoms with E-state index in [2.05, 4.69) is 31.5 Å². The lowest BCUT2D eigenvalue weighted by atomic mass is 9.80. The van der Waals surface area contributed by atoms with Gasteiger partial charge in [0.25, 0.3) is 0 Å². The number of carbonyl (C=O) groups is 1. The Bertz CT molecular complexity index is 1120. The van der Waals surface area contributed by atoms with E-state index in [1.54, 1.807) is 24.4 Å². The predicted molar refractivity (Wildman–Crippen MR) is 128 cm³/mol. The Morgan fingerprint density at radius 1 is 0.971 bits per heavy atom. The van der Waals surface area contributed by atoms with Crippen molar-refractivity contribution in [3.8, 4) is 0 Å². The minimum Gasteiger partial charge on any atom is -0.335 e. The summed E-state index contributed by atoms with van der Waals surface area (Å²) in [5.41, 5.74) is -0.502. The van der Waals surface area contributed by atoms with Crippen molar-refractivity contribution in [3.63, 3.8) is 0 Å². The Morgan fingerprint density at radius 3 is 2.32 bits per heavy atom. The molecule has 3 aromatic rings. The third kappa shape index (κ3) is 5.60. The van der Waals surface area contributed by atoms with Gasteiger partial charge in [0, 0.05) is 23.1 Å². The van der Waals surface area contributed by atoms with Gasteiger partial charge >= 0.3 is 12.2 Å². The molecule has 1 aliphatic carbocycles. The number of aromatic nitrogens is 1. The molecule has 1 aromatic heterocycles. The molecule has 2 N–H and O–H groups in total. The van der Waals surface area contributed by atoms with Crippen LogP contribution in [0.5, 0.6) is 0 Å². The van der Waals surface area contributed by atoms with E-state index in [1.807, 2.05) is 30.3 Å². The van der Waals surface area contributed by atoms with Crippen molar-refractivity contribution in [1.82, 2.24) is 15.6 Å². The molecule has 0 saturated heterocycles. The van der Waals surface area contributed by atoms with Crippen molar-refractivity contribution in [2.45, 2.75) is 49.9 Å². The van der Waals surface area contributed by atoms with Crippen LogP contribution in [0.2, 0.25) is 0 Å². The molecule has 4 rings (SSSR count). The van der Waals surface area contributed by atoms with Crippen molar-refractivity contribution in [2.75, 3.05) is 0 Å². The molecule has 8 heteroatoms. The summed E-state index contributed by atoms with van der Waals surface area (Å²) in [7, 11) is 0. The van der Waals surface area contributed by atoms with Crippen LogP contribution < -0.4 is 10.6 Å². The van der Waals surface area contributed by atoms with E-state index in [-0.39, 0.29) is 12.5 Å². The lowest BCUT2D eigenvalue weighted by molar-refractivity contribution is -0.137. The van der Waals surface area contributed by atoms with Crippen LogP contribution in [0.3, 0.4) is 0 Å². The van der Waals surface area contributed by atoms with Gasteiger partial charge in [-0.1, -0.05) is 55.3 Å². The van der Waals surface area contributed by atoms with Crippen LogP contribution >= 0.6 is 15.9 Å². The average Bonchev–Trinajstić information content (AvgIpc) is 3.32. The summed E-state index contributed by atoms with van der Waals surface area (Å²) < 4.78 is 41.7. The molecular weight excluding hydrogens is 507 g/mol. The Kier molecular flexibility index (Phi) is 7.26. The smallest absolute Gasteiger partial charge is 0.335 e. The summed E-state index contributed by atoms with van der Waals surface area (Å²) in [5.74, 6) is 0. The van der Waals surface area contributed by atoms with Gasteiger partial charge in [0.1, 0.15) is 5.54 Å². The number of hydrogen-bond donors (Lipinski definition) is 2. The summed E-state index contributed by atoms with van der Waals surface area (Å²) in [6.07, 6.45) is 1.15. The molecule has 1 heterocycles. The number of urea groups is 1. The second-order valence-corrected chi connectivity index (χ2v) is 9.50. The Labute approximate surface area is 205 Å². The number of nitrogens with one attached hydrogen (secondary N) is 2. The Hall–Kier alpha value is -2.87. The van der Waals surface area contributed by atoms with Crippen LogP contribution in [0.15, 0.2) is 77.4 Å². The van der Waals surface area contributed by atoms with Crippen LogP contribution in [0, 0.1) is 0 Å². The van der Waals surface area contributed by atoms with Gasteiger partial charge in [0.2, 0.25) is 0 Å². The molecule has 0 spiro atoms. The second-order valence-electron chi connectivity index (χ2n) is 8.59. The van der Waals surface area contributed by atoms with Crippen molar-refractivity contribution >= 4 is 22.0 Å². The SMILES string of the molecule is O=C(NC1CCCC1)NC(Cc1ccccc1)(c1cccc(C(F)(F)F)c1)c1ccc(Br)cn1. The molecule has 0 aliphatic heterocycles. The topological polar surface area (TPSA) is 54.0 Å². The second kappa shape index (κ2) is 10.2. The van der Waals surface area contributed by atoms with Crippen molar-refractivity contribution in [2.24, 2.45) is 0 Å². The van der Waals surface area contributed by atoms with Gasteiger partial charge in [-0.3, -0.25) is 4.98 Å². The van der Waals surface area contributed by atoms with Gasteiger partial charge in [-0.15, -0.1) is 0 Å². The van der Waals surface area contributed by atoms with Crippen LogP contribution in [0.1, 0.15) is 48.1 Å². The quantitative estimate of drug-likeness (QED) is 0.377. The lowest BCUT2D eigenvalue weighted by Crippen LogP contribution is -2.54. The molecule has 1 fully saturated rings. The van der Waals surface area contributed by atoms with E-state index in [9.17, 15) is 18.0 Å². The monoisotopic (exact) mass is 531 g/mol. The molecular formula is C26H25BrF3N3O. The van der Waals surface area contributed by atoms with Crippen molar-refractivity contribution in [1.29, 1.82) is 0 Å². The fourth-order valence-electron chi connectivity index (χ4n) is 4.50. The van der Waals surface area contributed by atoms with E-state index in [0.717, 1.165) is 47.9 Å². The molecule has 2 amide bonds. The zero-order chi connectivity index (χ0) is 24.2. The van der Waals surface area contributed by atoms with E-state index < -0.39 is 23.3 Å². The standard InChI is InChI=1S/C26H25BrF3N3O/c27-21-13-14-23(31-17-21)25(16-18-7-2-1-3-8-18,33-24(34)32-22-11-4-5-12-22)19-9-6-10-20(15-19)26(28,29)30/h1-3,6-10,13-15,17,22H,4-5,11-12,16H2,(H2,32,33,34). The van der Waals surface area contributed by atoms with E-state index >= 15 is 0 Å². The summed E-state index contributed by atoms with van der Waals surface area (Å²) in [5, 5.41) is 6.05. The van der Waals surface area contributed by atoms with Gasteiger partial charge in [-0.25, -0.2) is 4.79 Å². The zero-order valence-electron chi connectivity index (χ0n) is 18.4. The van der Waals surface area contributed by atoms with Gasteiger partial charge in [0.05, 0.1) is 11.3 Å². The third-order valence-electron chi connectivity index (χ3n) is 6.18. The summed E-state index contributed by atoms with van der Waals surface area (Å²) in [6.45, 7) is 0. The number of nitrogens with zero attached hydrogens (tertiary/aromatic N) is 1. The molecule has 0 bridgehead atoms. The van der Waals surface area contributed by atoms with Crippen molar-refractivity contribution in [3.05, 3.63) is 99.8 Å². The molecule has 1 aliphatic rings. The van der Waals surface area contributed by atoms with Crippen molar-refractivity contribution < 1.29 is 18.0 Å². The number of rotatable bonds is 6. The highest BCUT2D eigenvalue weighted by Crippen LogP contribution is 2.37. The third-order valence-corrected chi connectivity index (χ3v) is 6.65. The van der Waals surface area contributed by atoms with Crippen LogP contribution in [-0.2, 0) is 18.1 Å². The maximum absolute atomic E-state index is 13.6. The first-order valence-electron chi connectivity index (χ1n) is 11.2. The summed E-state index contributed by atoms with van der Waals surface area (Å²) in [6, 6.07) is 17.6. The van der Waals surface area contributed by atoms with E-state index in [0.29, 0.717) is 11.3 Å². The minimum absolute atomic E-state index is 0.0498. The maximum Gasteiger partial charge on any atom is 0.416 e. The molecule has 0 radical (unpaired) electrons. The highest BCUT2D eigenvalue weighted by atomic mass is 79.9.